The molecule has 3 heterocycles. The number of rotatable bonds is 4. The third-order valence-corrected chi connectivity index (χ3v) is 4.84. The van der Waals surface area contributed by atoms with Crippen LogP contribution in [0.15, 0.2) is 48.7 Å². The number of nitrogens with one attached hydrogen (secondary N) is 1. The second-order valence-electron chi connectivity index (χ2n) is 6.42. The molecule has 0 saturated heterocycles. The van der Waals surface area contributed by atoms with Gasteiger partial charge in [-0.3, -0.25) is 0 Å². The lowest BCUT2D eigenvalue weighted by Gasteiger charge is -1.99. The zero-order chi connectivity index (χ0) is 16.8. The van der Waals surface area contributed by atoms with Crippen molar-refractivity contribution < 1.29 is 26.4 Å². The van der Waals surface area contributed by atoms with Crippen LogP contribution < -0.4 is 26.4 Å². The number of aromatic nitrogens is 3. The third kappa shape index (κ3) is 2.51. The Hall–Kier alpha value is -2.66. The number of unbranched alkanes of at least 4 members (excludes halogenated alkanes) is 1. The van der Waals surface area contributed by atoms with Gasteiger partial charge in [0.2, 0.25) is 6.79 Å². The van der Waals surface area contributed by atoms with Crippen molar-refractivity contribution >= 4 is 16.8 Å². The number of para-hydroxylation sites is 2. The van der Waals surface area contributed by atoms with Crippen LogP contribution >= 0.6 is 0 Å². The van der Waals surface area contributed by atoms with Crippen molar-refractivity contribution in [3.05, 3.63) is 48.7 Å². The van der Waals surface area contributed by atoms with Crippen LogP contribution in [0.4, 0.5) is 0 Å². The first-order valence-electron chi connectivity index (χ1n) is 8.77. The Morgan fingerprint density at radius 3 is 2.85 bits per heavy atom. The molecule has 0 fully saturated rings. The fraction of sp³-hybridized carbons (Fsp3) is 0.250. The van der Waals surface area contributed by atoms with E-state index in [-0.39, 0.29) is 12.4 Å². The zero-order valence-corrected chi connectivity index (χ0v) is 15.3. The summed E-state index contributed by atoms with van der Waals surface area (Å²) >= 11 is 0. The van der Waals surface area contributed by atoms with Gasteiger partial charge in [0.05, 0.1) is 6.54 Å². The SMILES string of the molecule is CCCC[n+]1c2ccccc2n2cc(-c3ccc4c(c3)OCO4)[nH]c21.[Cl-]. The molecule has 5 rings (SSSR count). The van der Waals surface area contributed by atoms with Gasteiger partial charge in [0.25, 0.3) is 0 Å². The van der Waals surface area contributed by atoms with E-state index in [2.05, 4.69) is 57.4 Å². The summed E-state index contributed by atoms with van der Waals surface area (Å²) in [5.41, 5.74) is 4.65. The molecule has 1 aliphatic heterocycles. The molecule has 5 nitrogen and oxygen atoms in total. The fourth-order valence-electron chi connectivity index (χ4n) is 3.55. The molecule has 0 unspecified atom stereocenters. The Labute approximate surface area is 157 Å². The maximum Gasteiger partial charge on any atom is 0.368 e. The minimum Gasteiger partial charge on any atom is -1.00 e. The molecule has 2 aromatic heterocycles. The summed E-state index contributed by atoms with van der Waals surface area (Å²) < 4.78 is 15.5. The number of benzene rings is 2. The topological polar surface area (TPSA) is 42.5 Å². The Morgan fingerprint density at radius 2 is 1.96 bits per heavy atom. The molecule has 0 saturated carbocycles. The molecule has 26 heavy (non-hydrogen) atoms. The highest BCUT2D eigenvalue weighted by molar-refractivity contribution is 5.77. The molecule has 0 radical (unpaired) electrons. The summed E-state index contributed by atoms with van der Waals surface area (Å²) in [6, 6.07) is 14.6. The van der Waals surface area contributed by atoms with Gasteiger partial charge in [0.15, 0.2) is 11.5 Å². The van der Waals surface area contributed by atoms with Crippen LogP contribution in [0.2, 0.25) is 0 Å². The number of hydrogen-bond acceptors (Lipinski definition) is 2. The van der Waals surface area contributed by atoms with E-state index in [4.69, 9.17) is 9.47 Å². The monoisotopic (exact) mass is 369 g/mol. The first-order valence-corrected chi connectivity index (χ1v) is 8.77. The van der Waals surface area contributed by atoms with Gasteiger partial charge in [-0.15, -0.1) is 0 Å². The maximum absolute atomic E-state index is 5.52. The van der Waals surface area contributed by atoms with Crippen molar-refractivity contribution in [1.82, 2.24) is 9.38 Å². The summed E-state index contributed by atoms with van der Waals surface area (Å²) in [6.07, 6.45) is 4.50. The molecule has 0 amide bonds. The number of halogens is 1. The fourth-order valence-corrected chi connectivity index (χ4v) is 3.55. The average Bonchev–Trinajstić information content (AvgIpc) is 3.34. The largest absolute Gasteiger partial charge is 1.00 e. The van der Waals surface area contributed by atoms with Crippen molar-refractivity contribution in [3.8, 4) is 22.8 Å². The lowest BCUT2D eigenvalue weighted by atomic mass is 10.1. The van der Waals surface area contributed by atoms with E-state index < -0.39 is 0 Å². The summed E-state index contributed by atoms with van der Waals surface area (Å²) in [5, 5.41) is 0. The highest BCUT2D eigenvalue weighted by Crippen LogP contribution is 2.35. The summed E-state index contributed by atoms with van der Waals surface area (Å²) in [6.45, 7) is 3.53. The Kier molecular flexibility index (Phi) is 4.24. The molecular weight excluding hydrogens is 350 g/mol. The van der Waals surface area contributed by atoms with Crippen LogP contribution in [-0.4, -0.2) is 16.2 Å². The van der Waals surface area contributed by atoms with Gasteiger partial charge in [-0.05, 0) is 36.8 Å². The van der Waals surface area contributed by atoms with Gasteiger partial charge in [-0.25, -0.2) is 9.55 Å². The van der Waals surface area contributed by atoms with Crippen LogP contribution in [0.25, 0.3) is 28.1 Å². The Balaban J connectivity index is 0.00000168. The quantitative estimate of drug-likeness (QED) is 0.543. The molecular formula is C20H20ClN3O2. The highest BCUT2D eigenvalue weighted by atomic mass is 35.5. The van der Waals surface area contributed by atoms with Gasteiger partial charge in [-0.2, -0.15) is 4.40 Å². The maximum atomic E-state index is 5.52. The van der Waals surface area contributed by atoms with Crippen LogP contribution in [0.1, 0.15) is 19.8 Å². The number of nitrogens with zero attached hydrogens (tertiary/aromatic N) is 2. The van der Waals surface area contributed by atoms with Gasteiger partial charge < -0.3 is 21.9 Å². The predicted molar refractivity (Wildman–Crippen MR) is 95.9 cm³/mol. The van der Waals surface area contributed by atoms with E-state index in [1.807, 2.05) is 12.1 Å². The zero-order valence-electron chi connectivity index (χ0n) is 14.5. The molecule has 0 bridgehead atoms. The smallest absolute Gasteiger partial charge is 0.368 e. The van der Waals surface area contributed by atoms with Crippen molar-refractivity contribution in [2.24, 2.45) is 0 Å². The van der Waals surface area contributed by atoms with Crippen molar-refractivity contribution in [2.75, 3.05) is 6.79 Å². The summed E-state index contributed by atoms with van der Waals surface area (Å²) in [5.74, 6) is 2.73. The molecule has 1 N–H and O–H groups in total. The molecule has 0 spiro atoms. The van der Waals surface area contributed by atoms with Crippen LogP contribution in [-0.2, 0) is 6.54 Å². The van der Waals surface area contributed by atoms with Crippen molar-refractivity contribution in [1.29, 1.82) is 0 Å². The normalized spacial score (nSPS) is 12.7. The van der Waals surface area contributed by atoms with Gasteiger partial charge in [-0.1, -0.05) is 25.5 Å². The van der Waals surface area contributed by atoms with E-state index in [9.17, 15) is 0 Å². The molecule has 134 valence electrons. The number of aromatic amines is 1. The van der Waals surface area contributed by atoms with Crippen LogP contribution in [0, 0.1) is 0 Å². The molecule has 6 heteroatoms. The first-order chi connectivity index (χ1) is 12.3. The molecule has 4 aromatic rings. The van der Waals surface area contributed by atoms with Crippen molar-refractivity contribution in [2.45, 2.75) is 26.3 Å². The first kappa shape index (κ1) is 16.8. The van der Waals surface area contributed by atoms with Gasteiger partial charge in [0.1, 0.15) is 22.9 Å². The minimum absolute atomic E-state index is 0. The highest BCUT2D eigenvalue weighted by Gasteiger charge is 2.22. The molecule has 0 aliphatic carbocycles. The number of ether oxygens (including phenoxy) is 2. The standard InChI is InChI=1S/C20H19N3O2.ClH/c1-2-3-10-22-16-6-4-5-7-17(16)23-12-15(21-20(22)23)14-8-9-18-19(11-14)25-13-24-18;/h4-9,11-12H,2-3,10,13H2,1H3;1H. The summed E-state index contributed by atoms with van der Waals surface area (Å²) in [7, 11) is 0. The van der Waals surface area contributed by atoms with E-state index in [1.165, 1.54) is 17.5 Å². The lowest BCUT2D eigenvalue weighted by molar-refractivity contribution is -0.648. The minimum atomic E-state index is 0. The Morgan fingerprint density at radius 1 is 1.12 bits per heavy atom. The number of H-pyrrole nitrogens is 1. The van der Waals surface area contributed by atoms with E-state index in [1.54, 1.807) is 0 Å². The van der Waals surface area contributed by atoms with E-state index in [0.29, 0.717) is 6.79 Å². The lowest BCUT2D eigenvalue weighted by Crippen LogP contribution is -3.00. The van der Waals surface area contributed by atoms with Gasteiger partial charge in [0, 0.05) is 5.56 Å². The predicted octanol–water partition coefficient (Wildman–Crippen LogP) is 0.908. The number of aryl methyl sites for hydroxylation is 1. The van der Waals surface area contributed by atoms with E-state index in [0.717, 1.165) is 41.5 Å². The Bertz CT molecular complexity index is 1080. The molecule has 0 atom stereocenters. The number of imidazole rings is 2. The van der Waals surface area contributed by atoms with Crippen molar-refractivity contribution in [3.63, 3.8) is 0 Å². The van der Waals surface area contributed by atoms with Crippen LogP contribution in [0.3, 0.4) is 0 Å². The second kappa shape index (κ2) is 6.57. The molecule has 2 aromatic carbocycles. The number of fused-ring (bicyclic) bond motifs is 4. The van der Waals surface area contributed by atoms with E-state index >= 15 is 0 Å². The summed E-state index contributed by atoms with van der Waals surface area (Å²) in [4.78, 5) is 3.60. The van der Waals surface area contributed by atoms with Gasteiger partial charge >= 0.3 is 5.78 Å². The second-order valence-corrected chi connectivity index (χ2v) is 6.42. The number of hydrogen-bond donors (Lipinski definition) is 1. The molecule has 1 aliphatic rings. The van der Waals surface area contributed by atoms with Crippen LogP contribution in [0.5, 0.6) is 11.5 Å². The third-order valence-electron chi connectivity index (χ3n) is 4.84. The average molecular weight is 370 g/mol.